The molecule has 1 aliphatic carbocycles. The Morgan fingerprint density at radius 3 is 2.84 bits per heavy atom. The molecule has 0 heterocycles. The van der Waals surface area contributed by atoms with Crippen LogP contribution in [0.4, 0.5) is 0 Å². The third kappa shape index (κ3) is 3.83. The lowest BCUT2D eigenvalue weighted by atomic mass is 10.0. The number of nitrogens with one attached hydrogen (secondary N) is 1. The quantitative estimate of drug-likeness (QED) is 0.736. The number of hydrogen-bond acceptors (Lipinski definition) is 2. The van der Waals surface area contributed by atoms with E-state index in [9.17, 15) is 0 Å². The number of rotatable bonds is 7. The molecule has 1 aliphatic rings. The first-order valence-electron chi connectivity index (χ1n) is 7.30. The maximum atomic E-state index is 5.91. The predicted octanol–water partition coefficient (Wildman–Crippen LogP) is 2.96. The van der Waals surface area contributed by atoms with Crippen LogP contribution < -0.4 is 11.1 Å². The van der Waals surface area contributed by atoms with Gasteiger partial charge in [0.05, 0.1) is 6.04 Å². The van der Waals surface area contributed by atoms with Crippen LogP contribution in [0, 0.1) is 12.3 Å². The van der Waals surface area contributed by atoms with E-state index < -0.39 is 0 Å². The lowest BCUT2D eigenvalue weighted by Gasteiger charge is -2.22. The summed E-state index contributed by atoms with van der Waals surface area (Å²) in [6.07, 6.45) is 10.3. The van der Waals surface area contributed by atoms with Crippen molar-refractivity contribution in [1.29, 1.82) is 0 Å². The molecule has 2 heteroatoms. The summed E-state index contributed by atoms with van der Waals surface area (Å²) in [7, 11) is 0. The van der Waals surface area contributed by atoms with Gasteiger partial charge in [-0.05, 0) is 36.3 Å². The Morgan fingerprint density at radius 2 is 2.26 bits per heavy atom. The van der Waals surface area contributed by atoms with Crippen LogP contribution >= 0.6 is 0 Å². The minimum Gasteiger partial charge on any atom is -0.329 e. The molecule has 0 bridgehead atoms. The van der Waals surface area contributed by atoms with Crippen molar-refractivity contribution in [1.82, 2.24) is 5.32 Å². The Labute approximate surface area is 116 Å². The van der Waals surface area contributed by atoms with E-state index in [1.807, 2.05) is 0 Å². The summed E-state index contributed by atoms with van der Waals surface area (Å²) in [5.74, 6) is 3.60. The molecule has 1 saturated carbocycles. The SMILES string of the molecule is C#CC(CCC)NC(CN)c1cccc(C2CC2)c1. The first-order chi connectivity index (χ1) is 9.28. The first kappa shape index (κ1) is 14.1. The van der Waals surface area contributed by atoms with Gasteiger partial charge in [-0.2, -0.15) is 0 Å². The van der Waals surface area contributed by atoms with Gasteiger partial charge in [-0.3, -0.25) is 5.32 Å². The summed E-state index contributed by atoms with van der Waals surface area (Å²) >= 11 is 0. The Hall–Kier alpha value is -1.30. The van der Waals surface area contributed by atoms with Gasteiger partial charge in [0.1, 0.15) is 0 Å². The van der Waals surface area contributed by atoms with Gasteiger partial charge in [0.25, 0.3) is 0 Å². The highest BCUT2D eigenvalue weighted by atomic mass is 15.0. The van der Waals surface area contributed by atoms with E-state index in [0.29, 0.717) is 6.54 Å². The summed E-state index contributed by atoms with van der Waals surface area (Å²) in [5.41, 5.74) is 8.63. The predicted molar refractivity (Wildman–Crippen MR) is 80.9 cm³/mol. The van der Waals surface area contributed by atoms with Crippen molar-refractivity contribution < 1.29 is 0 Å². The molecule has 0 aliphatic heterocycles. The number of hydrogen-bond donors (Lipinski definition) is 2. The second kappa shape index (κ2) is 6.75. The van der Waals surface area contributed by atoms with Gasteiger partial charge in [0.15, 0.2) is 0 Å². The molecule has 19 heavy (non-hydrogen) atoms. The van der Waals surface area contributed by atoms with Crippen LogP contribution in [0.2, 0.25) is 0 Å². The maximum Gasteiger partial charge on any atom is 0.0692 e. The van der Waals surface area contributed by atoms with Crippen LogP contribution in [0.3, 0.4) is 0 Å². The van der Waals surface area contributed by atoms with Gasteiger partial charge in [0.2, 0.25) is 0 Å². The second-order valence-corrected chi connectivity index (χ2v) is 5.41. The van der Waals surface area contributed by atoms with Crippen molar-refractivity contribution >= 4 is 0 Å². The van der Waals surface area contributed by atoms with Gasteiger partial charge < -0.3 is 5.73 Å². The van der Waals surface area contributed by atoms with E-state index >= 15 is 0 Å². The van der Waals surface area contributed by atoms with E-state index in [1.54, 1.807) is 0 Å². The van der Waals surface area contributed by atoms with Crippen LogP contribution in [0.5, 0.6) is 0 Å². The molecule has 0 spiro atoms. The van der Waals surface area contributed by atoms with Gasteiger partial charge in [0, 0.05) is 12.6 Å². The van der Waals surface area contributed by atoms with Crippen LogP contribution in [-0.4, -0.2) is 12.6 Å². The normalized spacial score (nSPS) is 17.7. The van der Waals surface area contributed by atoms with Crippen LogP contribution in [0.25, 0.3) is 0 Å². The lowest BCUT2D eigenvalue weighted by molar-refractivity contribution is 0.475. The fourth-order valence-corrected chi connectivity index (χ4v) is 2.49. The van der Waals surface area contributed by atoms with Crippen molar-refractivity contribution in [2.24, 2.45) is 5.73 Å². The average molecular weight is 256 g/mol. The fourth-order valence-electron chi connectivity index (χ4n) is 2.49. The Balaban J connectivity index is 2.07. The zero-order valence-electron chi connectivity index (χ0n) is 11.7. The van der Waals surface area contributed by atoms with E-state index in [0.717, 1.165) is 18.8 Å². The number of terminal acetylenes is 1. The summed E-state index contributed by atoms with van der Waals surface area (Å²) < 4.78 is 0. The third-order valence-electron chi connectivity index (χ3n) is 3.78. The molecule has 0 radical (unpaired) electrons. The number of benzene rings is 1. The second-order valence-electron chi connectivity index (χ2n) is 5.41. The molecule has 1 fully saturated rings. The zero-order valence-corrected chi connectivity index (χ0v) is 11.7. The molecule has 2 nitrogen and oxygen atoms in total. The molecule has 0 aromatic heterocycles. The van der Waals surface area contributed by atoms with Gasteiger partial charge in [-0.1, -0.05) is 43.5 Å². The lowest BCUT2D eigenvalue weighted by Crippen LogP contribution is -2.35. The Kier molecular flexibility index (Phi) is 5.01. The highest BCUT2D eigenvalue weighted by Crippen LogP contribution is 2.40. The summed E-state index contributed by atoms with van der Waals surface area (Å²) in [6.45, 7) is 2.73. The van der Waals surface area contributed by atoms with Crippen LogP contribution in [0.1, 0.15) is 55.7 Å². The van der Waals surface area contributed by atoms with Crippen molar-refractivity contribution in [2.75, 3.05) is 6.54 Å². The molecule has 1 aromatic rings. The molecule has 102 valence electrons. The molecule has 1 aromatic carbocycles. The van der Waals surface area contributed by atoms with Crippen LogP contribution in [-0.2, 0) is 0 Å². The Morgan fingerprint density at radius 1 is 1.47 bits per heavy atom. The highest BCUT2D eigenvalue weighted by molar-refractivity contribution is 5.31. The zero-order chi connectivity index (χ0) is 13.7. The monoisotopic (exact) mass is 256 g/mol. The highest BCUT2D eigenvalue weighted by Gasteiger charge is 2.24. The van der Waals surface area contributed by atoms with E-state index in [-0.39, 0.29) is 12.1 Å². The summed E-state index contributed by atoms with van der Waals surface area (Å²) in [5, 5.41) is 3.50. The number of nitrogens with two attached hydrogens (primary N) is 1. The molecular formula is C17H24N2. The van der Waals surface area contributed by atoms with E-state index in [2.05, 4.69) is 42.4 Å². The van der Waals surface area contributed by atoms with Gasteiger partial charge >= 0.3 is 0 Å². The third-order valence-corrected chi connectivity index (χ3v) is 3.78. The minimum atomic E-state index is 0.114. The molecule has 3 N–H and O–H groups in total. The van der Waals surface area contributed by atoms with E-state index in [1.165, 1.54) is 24.0 Å². The molecular weight excluding hydrogens is 232 g/mol. The van der Waals surface area contributed by atoms with Crippen LogP contribution in [0.15, 0.2) is 24.3 Å². The summed E-state index contributed by atoms with van der Waals surface area (Å²) in [4.78, 5) is 0. The maximum absolute atomic E-state index is 5.91. The standard InChI is InChI=1S/C17H24N2/c1-3-6-16(4-2)19-17(12-18)15-8-5-7-14(11-15)13-9-10-13/h2,5,7-8,11,13,16-17,19H,3,6,9-10,12,18H2,1H3. The van der Waals surface area contributed by atoms with Crippen molar-refractivity contribution in [3.8, 4) is 12.3 Å². The molecule has 0 amide bonds. The van der Waals surface area contributed by atoms with Gasteiger partial charge in [-0.15, -0.1) is 6.42 Å². The first-order valence-corrected chi connectivity index (χ1v) is 7.30. The van der Waals surface area contributed by atoms with Gasteiger partial charge in [-0.25, -0.2) is 0 Å². The molecule has 2 atom stereocenters. The van der Waals surface area contributed by atoms with Crippen molar-refractivity contribution in [3.05, 3.63) is 35.4 Å². The minimum absolute atomic E-state index is 0.114. The average Bonchev–Trinajstić information content (AvgIpc) is 3.28. The summed E-state index contributed by atoms with van der Waals surface area (Å²) in [6, 6.07) is 9.07. The fraction of sp³-hybridized carbons (Fsp3) is 0.529. The Bertz CT molecular complexity index is 443. The van der Waals surface area contributed by atoms with E-state index in [4.69, 9.17) is 12.2 Å². The molecule has 2 unspecified atom stereocenters. The topological polar surface area (TPSA) is 38.0 Å². The largest absolute Gasteiger partial charge is 0.329 e. The smallest absolute Gasteiger partial charge is 0.0692 e. The molecule has 2 rings (SSSR count). The molecule has 0 saturated heterocycles. The van der Waals surface area contributed by atoms with Crippen molar-refractivity contribution in [2.45, 2.75) is 50.6 Å². The van der Waals surface area contributed by atoms with Crippen molar-refractivity contribution in [3.63, 3.8) is 0 Å².